The predicted molar refractivity (Wildman–Crippen MR) is 79.5 cm³/mol. The molecule has 20 heavy (non-hydrogen) atoms. The van der Waals surface area contributed by atoms with Gasteiger partial charge >= 0.3 is 0 Å². The first kappa shape index (κ1) is 15.0. The molecular weight excluding hydrogens is 252 g/mol. The second-order valence-corrected chi connectivity index (χ2v) is 5.25. The minimum Gasteiger partial charge on any atom is -0.385 e. The second kappa shape index (κ2) is 8.02. The number of rotatable bonds is 7. The molecule has 0 spiro atoms. The van der Waals surface area contributed by atoms with Gasteiger partial charge in [0.1, 0.15) is 0 Å². The maximum Gasteiger partial charge on any atom is 0.237 e. The molecule has 110 valence electrons. The molecule has 1 aromatic carbocycles. The lowest BCUT2D eigenvalue weighted by molar-refractivity contribution is -0.123. The zero-order valence-corrected chi connectivity index (χ0v) is 12.2. The molecule has 2 N–H and O–H groups in total. The van der Waals surface area contributed by atoms with Crippen LogP contribution in [-0.4, -0.2) is 32.2 Å². The molecule has 4 nitrogen and oxygen atoms in total. The van der Waals surface area contributed by atoms with E-state index in [1.807, 2.05) is 12.1 Å². The molecule has 1 heterocycles. The number of ether oxygens (including phenoxy) is 1. The summed E-state index contributed by atoms with van der Waals surface area (Å²) in [6.07, 6.45) is 3.95. The van der Waals surface area contributed by atoms with Crippen molar-refractivity contribution < 1.29 is 9.53 Å². The number of hydrogen-bond acceptors (Lipinski definition) is 3. The Labute approximate surface area is 120 Å². The van der Waals surface area contributed by atoms with Crippen LogP contribution in [0.1, 0.15) is 30.4 Å². The molecule has 0 radical (unpaired) electrons. The van der Waals surface area contributed by atoms with E-state index in [4.69, 9.17) is 4.74 Å². The third kappa shape index (κ3) is 4.32. The van der Waals surface area contributed by atoms with E-state index in [1.54, 1.807) is 7.11 Å². The lowest BCUT2D eigenvalue weighted by Gasteiger charge is -2.25. The topological polar surface area (TPSA) is 50.4 Å². The largest absolute Gasteiger partial charge is 0.385 e. The average molecular weight is 276 g/mol. The smallest absolute Gasteiger partial charge is 0.237 e. The molecule has 0 saturated carbocycles. The number of carbonyl (C=O) groups excluding carboxylic acids is 1. The SMILES string of the molecule is COCCCCCNC(=O)[C@H]1Cc2ccccc2CN1. The van der Waals surface area contributed by atoms with Gasteiger partial charge in [0.2, 0.25) is 5.91 Å². The Kier molecular flexibility index (Phi) is 6.02. The third-order valence-electron chi connectivity index (χ3n) is 3.72. The second-order valence-electron chi connectivity index (χ2n) is 5.25. The normalized spacial score (nSPS) is 17.6. The molecule has 4 heteroatoms. The van der Waals surface area contributed by atoms with E-state index in [0.29, 0.717) is 0 Å². The van der Waals surface area contributed by atoms with Gasteiger partial charge in [-0.1, -0.05) is 24.3 Å². The molecule has 1 aliphatic heterocycles. The average Bonchev–Trinajstić information content (AvgIpc) is 2.50. The van der Waals surface area contributed by atoms with Gasteiger partial charge in [0.05, 0.1) is 6.04 Å². The van der Waals surface area contributed by atoms with E-state index in [0.717, 1.165) is 45.4 Å². The number of unbranched alkanes of at least 4 members (excludes halogenated alkanes) is 2. The highest BCUT2D eigenvalue weighted by Gasteiger charge is 2.23. The van der Waals surface area contributed by atoms with Gasteiger partial charge in [-0.2, -0.15) is 0 Å². The van der Waals surface area contributed by atoms with Crippen LogP contribution in [0.15, 0.2) is 24.3 Å². The number of fused-ring (bicyclic) bond motifs is 1. The summed E-state index contributed by atoms with van der Waals surface area (Å²) in [4.78, 5) is 12.1. The number of carbonyl (C=O) groups is 1. The Bertz CT molecular complexity index is 434. The molecule has 0 saturated heterocycles. The number of hydrogen-bond donors (Lipinski definition) is 2. The highest BCUT2D eigenvalue weighted by molar-refractivity contribution is 5.82. The Balaban J connectivity index is 1.69. The van der Waals surface area contributed by atoms with Crippen molar-refractivity contribution in [1.82, 2.24) is 10.6 Å². The van der Waals surface area contributed by atoms with Crippen molar-refractivity contribution in [3.8, 4) is 0 Å². The lowest BCUT2D eigenvalue weighted by atomic mass is 9.95. The highest BCUT2D eigenvalue weighted by atomic mass is 16.5. The minimum atomic E-state index is -0.0936. The fourth-order valence-electron chi connectivity index (χ4n) is 2.52. The summed E-state index contributed by atoms with van der Waals surface area (Å²) in [5.41, 5.74) is 2.59. The van der Waals surface area contributed by atoms with Crippen LogP contribution < -0.4 is 10.6 Å². The van der Waals surface area contributed by atoms with E-state index >= 15 is 0 Å². The maximum absolute atomic E-state index is 12.1. The Morgan fingerprint density at radius 2 is 2.10 bits per heavy atom. The van der Waals surface area contributed by atoms with Crippen molar-refractivity contribution in [2.75, 3.05) is 20.3 Å². The Hall–Kier alpha value is -1.39. The molecule has 2 rings (SSSR count). The first-order valence-corrected chi connectivity index (χ1v) is 7.38. The van der Waals surface area contributed by atoms with Crippen LogP contribution in [0.5, 0.6) is 0 Å². The predicted octanol–water partition coefficient (Wildman–Crippen LogP) is 1.63. The zero-order chi connectivity index (χ0) is 14.2. The molecule has 0 unspecified atom stereocenters. The van der Waals surface area contributed by atoms with Crippen molar-refractivity contribution in [1.29, 1.82) is 0 Å². The fourth-order valence-corrected chi connectivity index (χ4v) is 2.52. The molecule has 1 atom stereocenters. The summed E-state index contributed by atoms with van der Waals surface area (Å²) in [6, 6.07) is 8.22. The molecule has 0 aromatic heterocycles. The monoisotopic (exact) mass is 276 g/mol. The lowest BCUT2D eigenvalue weighted by Crippen LogP contribution is -2.47. The van der Waals surface area contributed by atoms with E-state index in [2.05, 4.69) is 22.8 Å². The summed E-state index contributed by atoms with van der Waals surface area (Å²) < 4.78 is 5.00. The van der Waals surface area contributed by atoms with Crippen LogP contribution >= 0.6 is 0 Å². The van der Waals surface area contributed by atoms with Crippen molar-refractivity contribution in [2.24, 2.45) is 0 Å². The first-order chi connectivity index (χ1) is 9.81. The first-order valence-electron chi connectivity index (χ1n) is 7.38. The fraction of sp³-hybridized carbons (Fsp3) is 0.562. The molecular formula is C16H24N2O2. The van der Waals surface area contributed by atoms with Crippen LogP contribution in [-0.2, 0) is 22.5 Å². The summed E-state index contributed by atoms with van der Waals surface area (Å²) in [5.74, 6) is 0.117. The van der Waals surface area contributed by atoms with E-state index in [1.165, 1.54) is 11.1 Å². The van der Waals surface area contributed by atoms with Gasteiger partial charge in [-0.05, 0) is 36.8 Å². The number of amides is 1. The standard InChI is InChI=1S/C16H24N2O2/c1-20-10-6-2-5-9-17-16(19)15-11-13-7-3-4-8-14(13)12-18-15/h3-4,7-8,15,18H,2,5-6,9-12H2,1H3,(H,17,19)/t15-/m1/s1. The summed E-state index contributed by atoms with van der Waals surface area (Å²) in [5, 5.41) is 6.32. The molecule has 1 aromatic rings. The van der Waals surface area contributed by atoms with Gasteiger partial charge in [-0.25, -0.2) is 0 Å². The minimum absolute atomic E-state index is 0.0936. The van der Waals surface area contributed by atoms with Gasteiger partial charge in [-0.3, -0.25) is 4.79 Å². The summed E-state index contributed by atoms with van der Waals surface area (Å²) >= 11 is 0. The summed E-state index contributed by atoms with van der Waals surface area (Å²) in [6.45, 7) is 2.33. The van der Waals surface area contributed by atoms with Gasteiger partial charge < -0.3 is 15.4 Å². The van der Waals surface area contributed by atoms with E-state index in [-0.39, 0.29) is 11.9 Å². The van der Waals surface area contributed by atoms with E-state index in [9.17, 15) is 4.79 Å². The van der Waals surface area contributed by atoms with Crippen molar-refractivity contribution in [3.63, 3.8) is 0 Å². The molecule has 1 amide bonds. The van der Waals surface area contributed by atoms with Gasteiger partial charge in [0.15, 0.2) is 0 Å². The molecule has 1 aliphatic rings. The van der Waals surface area contributed by atoms with Crippen LogP contribution in [0, 0.1) is 0 Å². The van der Waals surface area contributed by atoms with Crippen molar-refractivity contribution in [3.05, 3.63) is 35.4 Å². The molecule has 0 bridgehead atoms. The third-order valence-corrected chi connectivity index (χ3v) is 3.72. The number of nitrogens with one attached hydrogen (secondary N) is 2. The molecule has 0 aliphatic carbocycles. The van der Waals surface area contributed by atoms with Crippen LogP contribution in [0.25, 0.3) is 0 Å². The van der Waals surface area contributed by atoms with Gasteiger partial charge in [0, 0.05) is 26.8 Å². The quantitative estimate of drug-likeness (QED) is 0.744. The van der Waals surface area contributed by atoms with Crippen molar-refractivity contribution >= 4 is 5.91 Å². The van der Waals surface area contributed by atoms with Crippen LogP contribution in [0.2, 0.25) is 0 Å². The maximum atomic E-state index is 12.1. The van der Waals surface area contributed by atoms with Crippen molar-refractivity contribution in [2.45, 2.75) is 38.3 Å². The van der Waals surface area contributed by atoms with Gasteiger partial charge in [0.25, 0.3) is 0 Å². The Morgan fingerprint density at radius 3 is 2.90 bits per heavy atom. The van der Waals surface area contributed by atoms with Crippen LogP contribution in [0.4, 0.5) is 0 Å². The van der Waals surface area contributed by atoms with Gasteiger partial charge in [-0.15, -0.1) is 0 Å². The summed E-state index contributed by atoms with van der Waals surface area (Å²) in [7, 11) is 1.72. The number of benzene rings is 1. The number of methoxy groups -OCH3 is 1. The highest BCUT2D eigenvalue weighted by Crippen LogP contribution is 2.16. The zero-order valence-electron chi connectivity index (χ0n) is 12.2. The Morgan fingerprint density at radius 1 is 1.30 bits per heavy atom. The van der Waals surface area contributed by atoms with E-state index < -0.39 is 0 Å². The van der Waals surface area contributed by atoms with Crippen LogP contribution in [0.3, 0.4) is 0 Å². The molecule has 0 fully saturated rings.